The minimum absolute atomic E-state index is 0.232. The first-order valence-corrected chi connectivity index (χ1v) is 10.7. The summed E-state index contributed by atoms with van der Waals surface area (Å²) in [7, 11) is 1.65. The van der Waals surface area contributed by atoms with Gasteiger partial charge in [0.05, 0.1) is 41.9 Å². The molecule has 0 saturated carbocycles. The first kappa shape index (κ1) is 21.8. The molecule has 31 heavy (non-hydrogen) atoms. The minimum Gasteiger partial charge on any atom is -0.497 e. The fourth-order valence-corrected chi connectivity index (χ4v) is 3.80. The highest BCUT2D eigenvalue weighted by molar-refractivity contribution is 6.42. The molecule has 6 nitrogen and oxygen atoms in total. The van der Waals surface area contributed by atoms with E-state index in [4.69, 9.17) is 37.4 Å². The van der Waals surface area contributed by atoms with E-state index in [-0.39, 0.29) is 18.2 Å². The number of carbonyl (C=O) groups is 1. The number of aryl methyl sites for hydroxylation is 1. The average molecular weight is 461 g/mol. The van der Waals surface area contributed by atoms with Crippen LogP contribution in [0.4, 0.5) is 0 Å². The predicted octanol–water partition coefficient (Wildman–Crippen LogP) is 4.65. The lowest BCUT2D eigenvalue weighted by molar-refractivity contribution is -0.190. The van der Waals surface area contributed by atoms with Gasteiger partial charge in [0.2, 0.25) is 0 Å². The summed E-state index contributed by atoms with van der Waals surface area (Å²) in [5, 5.41) is 4.71. The number of methoxy groups -OCH3 is 1. The van der Waals surface area contributed by atoms with Gasteiger partial charge in [0.1, 0.15) is 5.75 Å². The lowest BCUT2D eigenvalue weighted by Gasteiger charge is -2.30. The normalized spacial score (nSPS) is 18.7. The first-order chi connectivity index (χ1) is 15.0. The summed E-state index contributed by atoms with van der Waals surface area (Å²) in [6, 6.07) is 12.4. The van der Waals surface area contributed by atoms with E-state index in [1.165, 1.54) is 0 Å². The Bertz CT molecular complexity index is 1080. The van der Waals surface area contributed by atoms with E-state index in [1.54, 1.807) is 31.5 Å². The van der Waals surface area contributed by atoms with Crippen LogP contribution in [0.1, 0.15) is 22.3 Å². The maximum absolute atomic E-state index is 12.4. The van der Waals surface area contributed by atoms with Gasteiger partial charge in [-0.2, -0.15) is 0 Å². The molecule has 0 radical (unpaired) electrons. The van der Waals surface area contributed by atoms with Crippen LogP contribution in [0.5, 0.6) is 5.75 Å². The van der Waals surface area contributed by atoms with E-state index < -0.39 is 0 Å². The van der Waals surface area contributed by atoms with Crippen LogP contribution >= 0.6 is 23.2 Å². The van der Waals surface area contributed by atoms with Gasteiger partial charge in [-0.25, -0.2) is 0 Å². The number of nitrogens with zero attached hydrogens (tertiary/aromatic N) is 1. The molecule has 1 saturated heterocycles. The molecule has 0 spiro atoms. The van der Waals surface area contributed by atoms with Crippen LogP contribution in [0.2, 0.25) is 10.0 Å². The van der Waals surface area contributed by atoms with E-state index in [0.29, 0.717) is 35.2 Å². The molecular weight excluding hydrogens is 439 g/mol. The van der Waals surface area contributed by atoms with E-state index in [1.807, 2.05) is 24.3 Å². The second-order valence-corrected chi connectivity index (χ2v) is 8.10. The number of halogens is 2. The molecule has 1 aromatic heterocycles. The molecule has 0 atom stereocenters. The summed E-state index contributed by atoms with van der Waals surface area (Å²) in [5.74, 6) is 0.555. The van der Waals surface area contributed by atoms with Crippen LogP contribution in [0.3, 0.4) is 0 Å². The zero-order valence-electron chi connectivity index (χ0n) is 16.9. The molecule has 1 aliphatic rings. The van der Waals surface area contributed by atoms with Gasteiger partial charge in [-0.15, -0.1) is 0 Å². The number of benzene rings is 2. The maximum Gasteiger partial charge on any atom is 0.251 e. The van der Waals surface area contributed by atoms with E-state index >= 15 is 0 Å². The highest BCUT2D eigenvalue weighted by Crippen LogP contribution is 2.25. The molecule has 1 fully saturated rings. The van der Waals surface area contributed by atoms with Crippen molar-refractivity contribution >= 4 is 40.0 Å². The van der Waals surface area contributed by atoms with Gasteiger partial charge in [0, 0.05) is 23.6 Å². The Morgan fingerprint density at radius 3 is 2.68 bits per heavy atom. The Labute approximate surface area is 190 Å². The van der Waals surface area contributed by atoms with Crippen molar-refractivity contribution in [3.63, 3.8) is 0 Å². The number of amides is 1. The molecular formula is C23H22Cl2N2O4. The van der Waals surface area contributed by atoms with Crippen molar-refractivity contribution in [2.45, 2.75) is 25.2 Å². The fourth-order valence-electron chi connectivity index (χ4n) is 3.50. The van der Waals surface area contributed by atoms with Crippen LogP contribution in [0.15, 0.2) is 48.7 Å². The Hall–Kier alpha value is -2.38. The number of hydrogen-bond acceptors (Lipinski definition) is 5. The van der Waals surface area contributed by atoms with Crippen molar-refractivity contribution in [1.82, 2.24) is 10.3 Å². The van der Waals surface area contributed by atoms with Crippen LogP contribution < -0.4 is 10.1 Å². The van der Waals surface area contributed by atoms with Crippen molar-refractivity contribution in [2.75, 3.05) is 20.3 Å². The molecule has 162 valence electrons. The zero-order chi connectivity index (χ0) is 21.8. The Balaban J connectivity index is 1.30. The Morgan fingerprint density at radius 1 is 1.13 bits per heavy atom. The quantitative estimate of drug-likeness (QED) is 0.579. The van der Waals surface area contributed by atoms with Gasteiger partial charge < -0.3 is 19.5 Å². The third kappa shape index (κ3) is 5.28. The third-order valence-corrected chi connectivity index (χ3v) is 5.91. The number of nitrogens with one attached hydrogen (secondary N) is 1. The average Bonchev–Trinajstić information content (AvgIpc) is 2.80. The number of rotatable bonds is 6. The summed E-state index contributed by atoms with van der Waals surface area (Å²) in [4.78, 5) is 16.8. The van der Waals surface area contributed by atoms with Gasteiger partial charge >= 0.3 is 0 Å². The molecule has 2 heterocycles. The Kier molecular flexibility index (Phi) is 6.92. The monoisotopic (exact) mass is 460 g/mol. The number of aromatic nitrogens is 1. The molecule has 1 aliphatic heterocycles. The molecule has 1 N–H and O–H groups in total. The molecule has 0 bridgehead atoms. The van der Waals surface area contributed by atoms with Crippen LogP contribution in [0.25, 0.3) is 10.9 Å². The molecule has 3 aromatic rings. The number of fused-ring (bicyclic) bond motifs is 1. The summed E-state index contributed by atoms with van der Waals surface area (Å²) >= 11 is 11.9. The molecule has 2 aromatic carbocycles. The second kappa shape index (κ2) is 9.83. The highest BCUT2D eigenvalue weighted by atomic mass is 35.5. The number of carbonyl (C=O) groups excluding carboxylic acids is 1. The van der Waals surface area contributed by atoms with Gasteiger partial charge in [0.25, 0.3) is 5.91 Å². The standard InChI is InChI=1S/C23H22Cl2N2O4/c1-29-17-4-6-21-18(11-17)14(8-9-26-21)3-7-22-30-12-16(13-31-22)27-23(28)15-2-5-19(24)20(25)10-15/h2,4-6,8-11,16,22H,3,7,12-13H2,1H3,(H,27,28). The van der Waals surface area contributed by atoms with Gasteiger partial charge in [-0.3, -0.25) is 9.78 Å². The molecule has 4 rings (SSSR count). The van der Waals surface area contributed by atoms with Gasteiger partial charge in [0.15, 0.2) is 6.29 Å². The van der Waals surface area contributed by atoms with Crippen molar-refractivity contribution in [2.24, 2.45) is 0 Å². The number of pyridine rings is 1. The molecule has 1 amide bonds. The van der Waals surface area contributed by atoms with Crippen LogP contribution in [-0.4, -0.2) is 43.5 Å². The topological polar surface area (TPSA) is 69.7 Å². The van der Waals surface area contributed by atoms with E-state index in [0.717, 1.165) is 28.6 Å². The maximum atomic E-state index is 12.4. The summed E-state index contributed by atoms with van der Waals surface area (Å²) in [5.41, 5.74) is 2.52. The first-order valence-electron chi connectivity index (χ1n) is 9.94. The van der Waals surface area contributed by atoms with Gasteiger partial charge in [-0.05, 0) is 54.4 Å². The van der Waals surface area contributed by atoms with Crippen molar-refractivity contribution in [3.8, 4) is 5.75 Å². The second-order valence-electron chi connectivity index (χ2n) is 7.29. The van der Waals surface area contributed by atoms with Crippen molar-refractivity contribution in [3.05, 3.63) is 69.8 Å². The molecule has 0 unspecified atom stereocenters. The lowest BCUT2D eigenvalue weighted by Crippen LogP contribution is -2.47. The Morgan fingerprint density at radius 2 is 1.94 bits per heavy atom. The van der Waals surface area contributed by atoms with Gasteiger partial charge in [-0.1, -0.05) is 23.2 Å². The highest BCUT2D eigenvalue weighted by Gasteiger charge is 2.24. The van der Waals surface area contributed by atoms with Crippen LogP contribution in [-0.2, 0) is 15.9 Å². The largest absolute Gasteiger partial charge is 0.497 e. The molecule has 0 aliphatic carbocycles. The van der Waals surface area contributed by atoms with Crippen molar-refractivity contribution < 1.29 is 19.0 Å². The summed E-state index contributed by atoms with van der Waals surface area (Å²) < 4.78 is 17.0. The fraction of sp³-hybridized carbons (Fsp3) is 0.304. The zero-order valence-corrected chi connectivity index (χ0v) is 18.4. The summed E-state index contributed by atoms with van der Waals surface area (Å²) in [6.45, 7) is 0.755. The van der Waals surface area contributed by atoms with E-state index in [2.05, 4.69) is 10.3 Å². The number of ether oxygens (including phenoxy) is 3. The number of hydrogen-bond donors (Lipinski definition) is 1. The lowest BCUT2D eigenvalue weighted by atomic mass is 10.0. The van der Waals surface area contributed by atoms with Crippen LogP contribution in [0, 0.1) is 0 Å². The van der Waals surface area contributed by atoms with Crippen molar-refractivity contribution in [1.29, 1.82) is 0 Å². The minimum atomic E-state index is -0.327. The third-order valence-electron chi connectivity index (χ3n) is 5.17. The molecule has 8 heteroatoms. The van der Waals surface area contributed by atoms with E-state index in [9.17, 15) is 4.79 Å². The summed E-state index contributed by atoms with van der Waals surface area (Å²) in [6.07, 6.45) is 2.95. The smallest absolute Gasteiger partial charge is 0.251 e. The SMILES string of the molecule is COc1ccc2nccc(CCC3OCC(NC(=O)c4ccc(Cl)c(Cl)c4)CO3)c2c1. The predicted molar refractivity (Wildman–Crippen MR) is 120 cm³/mol.